The van der Waals surface area contributed by atoms with Gasteiger partial charge in [-0.1, -0.05) is 50.6 Å². The molecule has 0 spiro atoms. The second-order valence-electron chi connectivity index (χ2n) is 4.74. The van der Waals surface area contributed by atoms with Crippen molar-refractivity contribution < 1.29 is 13.2 Å². The van der Waals surface area contributed by atoms with Gasteiger partial charge in [-0.2, -0.15) is 13.2 Å². The smallest absolute Gasteiger partial charge is 0.313 e. The van der Waals surface area contributed by atoms with Gasteiger partial charge in [0.15, 0.2) is 0 Å². The standard InChI is InChI=1S/C15H20F3N/c1-4-19-10-13(11(2)3)9-12-7-5-6-8-14(12)15(16,17)18/h5-9,11,19H,4,10H2,1-3H3. The zero-order valence-corrected chi connectivity index (χ0v) is 11.5. The van der Waals surface area contributed by atoms with Gasteiger partial charge in [0, 0.05) is 6.54 Å². The van der Waals surface area contributed by atoms with Crippen molar-refractivity contribution in [2.75, 3.05) is 13.1 Å². The molecule has 19 heavy (non-hydrogen) atoms. The summed E-state index contributed by atoms with van der Waals surface area (Å²) in [6.45, 7) is 7.35. The number of alkyl halides is 3. The fourth-order valence-corrected chi connectivity index (χ4v) is 1.77. The summed E-state index contributed by atoms with van der Waals surface area (Å²) in [6, 6.07) is 5.68. The molecule has 0 unspecified atom stereocenters. The molecule has 0 aromatic heterocycles. The highest BCUT2D eigenvalue weighted by atomic mass is 19.4. The minimum Gasteiger partial charge on any atom is -0.313 e. The molecule has 106 valence electrons. The molecule has 0 radical (unpaired) electrons. The van der Waals surface area contributed by atoms with Gasteiger partial charge in [0.2, 0.25) is 0 Å². The molecule has 0 bridgehead atoms. The molecule has 0 saturated heterocycles. The lowest BCUT2D eigenvalue weighted by molar-refractivity contribution is -0.137. The van der Waals surface area contributed by atoms with Gasteiger partial charge >= 0.3 is 6.18 Å². The maximum Gasteiger partial charge on any atom is 0.416 e. The van der Waals surface area contributed by atoms with Crippen LogP contribution in [0.2, 0.25) is 0 Å². The molecule has 0 aliphatic rings. The summed E-state index contributed by atoms with van der Waals surface area (Å²) in [5.41, 5.74) is 0.625. The minimum atomic E-state index is -4.31. The van der Waals surface area contributed by atoms with Crippen LogP contribution < -0.4 is 5.32 Å². The Kier molecular flexibility index (Phi) is 5.60. The molecule has 0 aliphatic heterocycles. The Morgan fingerprint density at radius 1 is 1.26 bits per heavy atom. The van der Waals surface area contributed by atoms with E-state index in [2.05, 4.69) is 5.32 Å². The van der Waals surface area contributed by atoms with E-state index in [0.29, 0.717) is 6.54 Å². The van der Waals surface area contributed by atoms with E-state index in [9.17, 15) is 13.2 Å². The van der Waals surface area contributed by atoms with E-state index in [4.69, 9.17) is 0 Å². The Morgan fingerprint density at radius 2 is 1.89 bits per heavy atom. The van der Waals surface area contributed by atoms with Gasteiger partial charge < -0.3 is 5.32 Å². The van der Waals surface area contributed by atoms with Gasteiger partial charge in [0.25, 0.3) is 0 Å². The van der Waals surface area contributed by atoms with Crippen LogP contribution in [-0.2, 0) is 6.18 Å². The van der Waals surface area contributed by atoms with Crippen LogP contribution in [0.5, 0.6) is 0 Å². The topological polar surface area (TPSA) is 12.0 Å². The van der Waals surface area contributed by atoms with Crippen LogP contribution in [0.4, 0.5) is 13.2 Å². The summed E-state index contributed by atoms with van der Waals surface area (Å²) >= 11 is 0. The quantitative estimate of drug-likeness (QED) is 0.839. The number of likely N-dealkylation sites (N-methyl/N-ethyl adjacent to an activating group) is 1. The van der Waals surface area contributed by atoms with Crippen molar-refractivity contribution in [2.45, 2.75) is 26.9 Å². The zero-order valence-electron chi connectivity index (χ0n) is 11.5. The molecular weight excluding hydrogens is 251 g/mol. The molecule has 4 heteroatoms. The summed E-state index contributed by atoms with van der Waals surface area (Å²) in [4.78, 5) is 0. The highest BCUT2D eigenvalue weighted by Gasteiger charge is 2.32. The summed E-state index contributed by atoms with van der Waals surface area (Å²) in [5.74, 6) is 0.209. The molecule has 0 heterocycles. The van der Waals surface area contributed by atoms with Gasteiger partial charge in [0.1, 0.15) is 0 Å². The lowest BCUT2D eigenvalue weighted by atomic mass is 9.97. The number of nitrogens with one attached hydrogen (secondary N) is 1. The molecular formula is C15H20F3N. The monoisotopic (exact) mass is 271 g/mol. The van der Waals surface area contributed by atoms with Crippen molar-refractivity contribution in [1.82, 2.24) is 5.32 Å². The molecule has 0 fully saturated rings. The maximum atomic E-state index is 12.9. The normalized spacial score (nSPS) is 13.1. The largest absolute Gasteiger partial charge is 0.416 e. The van der Waals surface area contributed by atoms with E-state index in [-0.39, 0.29) is 11.5 Å². The predicted molar refractivity (Wildman–Crippen MR) is 72.8 cm³/mol. The molecule has 1 N–H and O–H groups in total. The molecule has 1 rings (SSSR count). The second-order valence-corrected chi connectivity index (χ2v) is 4.74. The van der Waals surface area contributed by atoms with E-state index in [1.807, 2.05) is 20.8 Å². The van der Waals surface area contributed by atoms with Crippen LogP contribution in [-0.4, -0.2) is 13.1 Å². The minimum absolute atomic E-state index is 0.209. The highest BCUT2D eigenvalue weighted by molar-refractivity contribution is 5.58. The fourth-order valence-electron chi connectivity index (χ4n) is 1.77. The van der Waals surface area contributed by atoms with Crippen LogP contribution in [0, 0.1) is 5.92 Å². The summed E-state index contributed by atoms with van der Waals surface area (Å²) < 4.78 is 38.7. The number of rotatable bonds is 5. The number of halogens is 3. The Morgan fingerprint density at radius 3 is 2.42 bits per heavy atom. The molecule has 0 atom stereocenters. The van der Waals surface area contributed by atoms with Crippen molar-refractivity contribution in [3.8, 4) is 0 Å². The molecule has 1 nitrogen and oxygen atoms in total. The SMILES string of the molecule is CCNCC(=Cc1ccccc1C(F)(F)F)C(C)C. The molecule has 0 amide bonds. The van der Waals surface area contributed by atoms with Crippen LogP contribution in [0.15, 0.2) is 29.8 Å². The van der Waals surface area contributed by atoms with Gasteiger partial charge in [0.05, 0.1) is 5.56 Å². The van der Waals surface area contributed by atoms with Gasteiger partial charge in [-0.15, -0.1) is 0 Å². The van der Waals surface area contributed by atoms with Crippen LogP contribution in [0.3, 0.4) is 0 Å². The first-order valence-electron chi connectivity index (χ1n) is 6.43. The third-order valence-electron chi connectivity index (χ3n) is 2.93. The third-order valence-corrected chi connectivity index (χ3v) is 2.93. The molecule has 1 aromatic rings. The zero-order chi connectivity index (χ0) is 14.5. The van der Waals surface area contributed by atoms with Crippen molar-refractivity contribution in [3.63, 3.8) is 0 Å². The van der Waals surface area contributed by atoms with E-state index >= 15 is 0 Å². The summed E-state index contributed by atoms with van der Waals surface area (Å²) in [7, 11) is 0. The van der Waals surface area contributed by atoms with Gasteiger partial charge in [-0.3, -0.25) is 0 Å². The fraction of sp³-hybridized carbons (Fsp3) is 0.467. The molecule has 0 saturated carbocycles. The Hall–Kier alpha value is -1.29. The Balaban J connectivity index is 3.14. The summed E-state index contributed by atoms with van der Waals surface area (Å²) in [6.07, 6.45) is -2.66. The van der Waals surface area contributed by atoms with Crippen molar-refractivity contribution in [2.24, 2.45) is 5.92 Å². The number of hydrogen-bond acceptors (Lipinski definition) is 1. The first-order valence-corrected chi connectivity index (χ1v) is 6.43. The van der Waals surface area contributed by atoms with Crippen molar-refractivity contribution in [3.05, 3.63) is 41.0 Å². The number of hydrogen-bond donors (Lipinski definition) is 1. The lowest BCUT2D eigenvalue weighted by Crippen LogP contribution is -2.18. The van der Waals surface area contributed by atoms with Crippen LogP contribution >= 0.6 is 0 Å². The van der Waals surface area contributed by atoms with E-state index in [0.717, 1.165) is 18.2 Å². The third kappa shape index (κ3) is 4.71. The van der Waals surface area contributed by atoms with Crippen LogP contribution in [0.1, 0.15) is 31.9 Å². The second kappa shape index (κ2) is 6.75. The number of benzene rings is 1. The first-order chi connectivity index (χ1) is 8.86. The predicted octanol–water partition coefficient (Wildman–Crippen LogP) is 4.35. The average Bonchev–Trinajstić information content (AvgIpc) is 2.33. The highest BCUT2D eigenvalue weighted by Crippen LogP contribution is 2.33. The van der Waals surface area contributed by atoms with Crippen molar-refractivity contribution in [1.29, 1.82) is 0 Å². The molecule has 0 aliphatic carbocycles. The van der Waals surface area contributed by atoms with E-state index in [1.165, 1.54) is 12.1 Å². The van der Waals surface area contributed by atoms with Gasteiger partial charge in [-0.05, 0) is 24.1 Å². The molecule has 1 aromatic carbocycles. The Labute approximate surface area is 112 Å². The Bertz CT molecular complexity index is 433. The van der Waals surface area contributed by atoms with Crippen molar-refractivity contribution >= 4 is 6.08 Å². The van der Waals surface area contributed by atoms with E-state index < -0.39 is 11.7 Å². The average molecular weight is 271 g/mol. The maximum absolute atomic E-state index is 12.9. The summed E-state index contributed by atoms with van der Waals surface area (Å²) in [5, 5.41) is 3.16. The van der Waals surface area contributed by atoms with E-state index in [1.54, 1.807) is 12.1 Å². The lowest BCUT2D eigenvalue weighted by Gasteiger charge is -2.15. The first kappa shape index (κ1) is 15.8. The van der Waals surface area contributed by atoms with Crippen LogP contribution in [0.25, 0.3) is 6.08 Å². The van der Waals surface area contributed by atoms with Gasteiger partial charge in [-0.25, -0.2) is 0 Å².